The summed E-state index contributed by atoms with van der Waals surface area (Å²) in [4.78, 5) is 12.6. The summed E-state index contributed by atoms with van der Waals surface area (Å²) < 4.78 is 26.7. The van der Waals surface area contributed by atoms with E-state index in [2.05, 4.69) is 0 Å². The van der Waals surface area contributed by atoms with Crippen LogP contribution < -0.4 is 16.4 Å². The minimum Gasteiger partial charge on any atom is -0.397 e. The lowest BCUT2D eigenvalue weighted by Gasteiger charge is -2.21. The summed E-state index contributed by atoms with van der Waals surface area (Å²) >= 11 is 0. The Labute approximate surface area is 97.2 Å². The van der Waals surface area contributed by atoms with Crippen molar-refractivity contribution in [2.75, 3.05) is 23.7 Å². The van der Waals surface area contributed by atoms with Crippen LogP contribution in [0.1, 0.15) is 6.42 Å². The molecule has 1 heterocycles. The van der Waals surface area contributed by atoms with Crippen molar-refractivity contribution in [3.05, 3.63) is 23.8 Å². The monoisotopic (exact) mass is 241 g/mol. The van der Waals surface area contributed by atoms with E-state index >= 15 is 0 Å². The van der Waals surface area contributed by atoms with Gasteiger partial charge in [-0.3, -0.25) is 4.79 Å². The maximum Gasteiger partial charge on any atom is 0.222 e. The molecule has 1 amide bonds. The van der Waals surface area contributed by atoms with Crippen molar-refractivity contribution in [1.29, 1.82) is 0 Å². The molecule has 17 heavy (non-hydrogen) atoms. The second-order valence-electron chi connectivity index (χ2n) is 4.13. The highest BCUT2D eigenvalue weighted by molar-refractivity contribution is 5.79. The van der Waals surface area contributed by atoms with E-state index in [9.17, 15) is 13.6 Å². The number of amides is 1. The molecule has 0 saturated carbocycles. The van der Waals surface area contributed by atoms with Gasteiger partial charge in [0.15, 0.2) is 11.6 Å². The average molecular weight is 241 g/mol. The third-order valence-electron chi connectivity index (χ3n) is 3.01. The summed E-state index contributed by atoms with van der Waals surface area (Å²) in [5, 5.41) is 0. The summed E-state index contributed by atoms with van der Waals surface area (Å²) in [5.41, 5.74) is 11.0. The molecule has 1 fully saturated rings. The van der Waals surface area contributed by atoms with Gasteiger partial charge in [0.05, 0.1) is 17.3 Å². The smallest absolute Gasteiger partial charge is 0.222 e. The zero-order valence-corrected chi connectivity index (χ0v) is 9.12. The number of primary amides is 1. The van der Waals surface area contributed by atoms with E-state index in [1.54, 1.807) is 4.90 Å². The number of carbonyl (C=O) groups excluding carboxylic acids is 1. The van der Waals surface area contributed by atoms with Gasteiger partial charge in [0.2, 0.25) is 5.91 Å². The zero-order valence-electron chi connectivity index (χ0n) is 9.12. The highest BCUT2D eigenvalue weighted by atomic mass is 19.2. The Morgan fingerprint density at radius 1 is 1.41 bits per heavy atom. The molecule has 1 unspecified atom stereocenters. The molecule has 0 aromatic heterocycles. The standard InChI is InChI=1S/C11H13F2N3O/c12-7-1-2-8(14)10(9(7)13)16-4-3-6(5-16)11(15)17/h1-2,6H,3-5,14H2,(H2,15,17). The minimum absolute atomic E-state index is 0.0220. The van der Waals surface area contributed by atoms with Gasteiger partial charge >= 0.3 is 0 Å². The first-order valence-corrected chi connectivity index (χ1v) is 5.28. The molecule has 4 nitrogen and oxygen atoms in total. The molecule has 1 aromatic carbocycles. The Hall–Kier alpha value is -1.85. The van der Waals surface area contributed by atoms with Crippen LogP contribution in [0, 0.1) is 17.6 Å². The quantitative estimate of drug-likeness (QED) is 0.754. The summed E-state index contributed by atoms with van der Waals surface area (Å²) in [7, 11) is 0. The lowest BCUT2D eigenvalue weighted by atomic mass is 10.1. The maximum atomic E-state index is 13.6. The highest BCUT2D eigenvalue weighted by Crippen LogP contribution is 2.32. The lowest BCUT2D eigenvalue weighted by molar-refractivity contribution is -0.121. The summed E-state index contributed by atoms with van der Waals surface area (Å²) in [5.74, 6) is -2.69. The Kier molecular flexibility index (Phi) is 2.87. The topological polar surface area (TPSA) is 72.4 Å². The number of nitrogens with zero attached hydrogens (tertiary/aromatic N) is 1. The van der Waals surface area contributed by atoms with Crippen molar-refractivity contribution in [2.24, 2.45) is 11.7 Å². The molecule has 6 heteroatoms. The molecule has 1 aromatic rings. The van der Waals surface area contributed by atoms with Gasteiger partial charge in [-0.15, -0.1) is 0 Å². The average Bonchev–Trinajstić information content (AvgIpc) is 2.73. The Bertz CT molecular complexity index is 464. The second kappa shape index (κ2) is 4.20. The molecule has 1 aliphatic rings. The van der Waals surface area contributed by atoms with Crippen LogP contribution in [-0.2, 0) is 4.79 Å². The van der Waals surface area contributed by atoms with E-state index in [1.165, 1.54) is 6.07 Å². The van der Waals surface area contributed by atoms with Gasteiger partial charge < -0.3 is 16.4 Å². The van der Waals surface area contributed by atoms with Crippen molar-refractivity contribution in [2.45, 2.75) is 6.42 Å². The van der Waals surface area contributed by atoms with Crippen LogP contribution in [0.25, 0.3) is 0 Å². The van der Waals surface area contributed by atoms with Crippen LogP contribution in [0.15, 0.2) is 12.1 Å². The largest absolute Gasteiger partial charge is 0.397 e. The van der Waals surface area contributed by atoms with Crippen molar-refractivity contribution < 1.29 is 13.6 Å². The summed E-state index contributed by atoms with van der Waals surface area (Å²) in [6.45, 7) is 0.720. The van der Waals surface area contributed by atoms with E-state index in [0.717, 1.165) is 6.07 Å². The summed E-state index contributed by atoms with van der Waals surface area (Å²) in [6.07, 6.45) is 0.532. The molecule has 92 valence electrons. The normalized spacial score (nSPS) is 19.6. The number of benzene rings is 1. The van der Waals surface area contributed by atoms with Crippen LogP contribution in [0.2, 0.25) is 0 Å². The Balaban J connectivity index is 2.30. The predicted molar refractivity (Wildman–Crippen MR) is 60.3 cm³/mol. The second-order valence-corrected chi connectivity index (χ2v) is 4.13. The third kappa shape index (κ3) is 2.02. The number of hydrogen-bond acceptors (Lipinski definition) is 3. The molecule has 4 N–H and O–H groups in total. The van der Waals surface area contributed by atoms with Crippen LogP contribution in [0.3, 0.4) is 0 Å². The van der Waals surface area contributed by atoms with Crippen molar-refractivity contribution >= 4 is 17.3 Å². The number of nitrogen functional groups attached to an aromatic ring is 1. The molecular weight excluding hydrogens is 228 g/mol. The van der Waals surface area contributed by atoms with E-state index < -0.39 is 17.5 Å². The van der Waals surface area contributed by atoms with Crippen molar-refractivity contribution in [1.82, 2.24) is 0 Å². The SMILES string of the molecule is NC(=O)C1CCN(c2c(N)ccc(F)c2F)C1. The molecule has 0 radical (unpaired) electrons. The molecular formula is C11H13F2N3O. The van der Waals surface area contributed by atoms with Gasteiger partial charge in [-0.1, -0.05) is 0 Å². The van der Waals surface area contributed by atoms with Crippen LogP contribution in [0.4, 0.5) is 20.2 Å². The number of halogens is 2. The first-order valence-electron chi connectivity index (χ1n) is 5.28. The fourth-order valence-electron chi connectivity index (χ4n) is 2.07. The van der Waals surface area contributed by atoms with Gasteiger partial charge in [0, 0.05) is 13.1 Å². The van der Waals surface area contributed by atoms with Gasteiger partial charge in [0.1, 0.15) is 0 Å². The van der Waals surface area contributed by atoms with Gasteiger partial charge in [-0.2, -0.15) is 0 Å². The minimum atomic E-state index is -0.977. The molecule has 1 aliphatic heterocycles. The van der Waals surface area contributed by atoms with E-state index in [-0.39, 0.29) is 23.8 Å². The Morgan fingerprint density at radius 2 is 2.12 bits per heavy atom. The number of hydrogen-bond donors (Lipinski definition) is 2. The van der Waals surface area contributed by atoms with E-state index in [0.29, 0.717) is 13.0 Å². The molecule has 0 bridgehead atoms. The number of nitrogens with two attached hydrogens (primary N) is 2. The fraction of sp³-hybridized carbons (Fsp3) is 0.364. The number of anilines is 2. The van der Waals surface area contributed by atoms with E-state index in [1.807, 2.05) is 0 Å². The fourth-order valence-corrected chi connectivity index (χ4v) is 2.07. The lowest BCUT2D eigenvalue weighted by Crippen LogP contribution is -2.28. The van der Waals surface area contributed by atoms with Crippen molar-refractivity contribution in [3.63, 3.8) is 0 Å². The zero-order chi connectivity index (χ0) is 12.6. The highest BCUT2D eigenvalue weighted by Gasteiger charge is 2.30. The Morgan fingerprint density at radius 3 is 2.71 bits per heavy atom. The maximum absolute atomic E-state index is 13.6. The van der Waals surface area contributed by atoms with Crippen LogP contribution >= 0.6 is 0 Å². The first kappa shape index (κ1) is 11.6. The van der Waals surface area contributed by atoms with Gasteiger partial charge in [-0.05, 0) is 18.6 Å². The number of rotatable bonds is 2. The van der Waals surface area contributed by atoms with Crippen LogP contribution in [-0.4, -0.2) is 19.0 Å². The van der Waals surface area contributed by atoms with E-state index in [4.69, 9.17) is 11.5 Å². The molecule has 1 saturated heterocycles. The van der Waals surface area contributed by atoms with Gasteiger partial charge in [-0.25, -0.2) is 8.78 Å². The molecule has 2 rings (SSSR count). The number of carbonyl (C=O) groups is 1. The molecule has 0 aliphatic carbocycles. The summed E-state index contributed by atoms with van der Waals surface area (Å²) in [6, 6.07) is 2.29. The van der Waals surface area contributed by atoms with Crippen molar-refractivity contribution in [3.8, 4) is 0 Å². The third-order valence-corrected chi connectivity index (χ3v) is 3.01. The predicted octanol–water partition coefficient (Wildman–Crippen LogP) is 0.859. The first-order chi connectivity index (χ1) is 8.00. The van der Waals surface area contributed by atoms with Gasteiger partial charge in [0.25, 0.3) is 0 Å². The molecule has 0 spiro atoms. The molecule has 1 atom stereocenters. The van der Waals surface area contributed by atoms with Crippen LogP contribution in [0.5, 0.6) is 0 Å².